The van der Waals surface area contributed by atoms with E-state index in [1.54, 1.807) is 0 Å². The molecule has 21 heavy (non-hydrogen) atoms. The maximum absolute atomic E-state index is 13.4. The van der Waals surface area contributed by atoms with E-state index in [2.05, 4.69) is 0 Å². The minimum absolute atomic E-state index is 0.152. The summed E-state index contributed by atoms with van der Waals surface area (Å²) in [6.07, 6.45) is 0. The molecule has 1 unspecified atom stereocenters. The molecule has 5 nitrogen and oxygen atoms in total. The molecule has 118 valence electrons. The molecule has 1 aromatic carbocycles. The van der Waals surface area contributed by atoms with E-state index in [0.717, 1.165) is 0 Å². The number of carbonyl (C=O) groups is 1. The van der Waals surface area contributed by atoms with Gasteiger partial charge in [-0.1, -0.05) is 13.8 Å². The van der Waals surface area contributed by atoms with Crippen LogP contribution in [0, 0.1) is 29.2 Å². The third-order valence-electron chi connectivity index (χ3n) is 2.56. The van der Waals surface area contributed by atoms with Crippen molar-refractivity contribution in [3.05, 3.63) is 29.3 Å². The summed E-state index contributed by atoms with van der Waals surface area (Å²) in [5.74, 6) is -10.5. The average molecular weight is 329 g/mol. The van der Waals surface area contributed by atoms with Crippen LogP contribution in [0.5, 0.6) is 0 Å². The Bertz CT molecular complexity index is 649. The number of hydrogen-bond donors (Lipinski definition) is 2. The molecule has 0 heterocycles. The molecule has 0 saturated carbocycles. The van der Waals surface area contributed by atoms with E-state index < -0.39 is 56.1 Å². The standard InChI is InChI=1S/C11H11F4NO4S/c1-4(2)9(11(17)18)16-21(19,20)10-7(14)5(12)3-6(13)8(10)15/h3-4,9,16H,1-2H3,(H,17,18). The minimum atomic E-state index is -5.12. The number of benzene rings is 1. The number of nitrogens with one attached hydrogen (secondary N) is 1. The predicted molar refractivity (Wildman–Crippen MR) is 62.9 cm³/mol. The molecular formula is C11H11F4NO4S. The summed E-state index contributed by atoms with van der Waals surface area (Å²) in [6.45, 7) is 2.67. The predicted octanol–water partition coefficient (Wildman–Crippen LogP) is 1.63. The van der Waals surface area contributed by atoms with Crippen molar-refractivity contribution in [2.75, 3.05) is 0 Å². The number of rotatable bonds is 5. The fraction of sp³-hybridized carbons (Fsp3) is 0.364. The molecule has 0 fully saturated rings. The van der Waals surface area contributed by atoms with Gasteiger partial charge in [-0.25, -0.2) is 26.0 Å². The van der Waals surface area contributed by atoms with Crippen LogP contribution in [-0.4, -0.2) is 25.5 Å². The molecule has 0 aliphatic heterocycles. The molecule has 10 heteroatoms. The summed E-state index contributed by atoms with van der Waals surface area (Å²) in [4.78, 5) is 8.99. The second kappa shape index (κ2) is 5.98. The van der Waals surface area contributed by atoms with E-state index in [-0.39, 0.29) is 6.07 Å². The Balaban J connectivity index is 3.42. The number of halogens is 4. The quantitative estimate of drug-likeness (QED) is 0.635. The van der Waals surface area contributed by atoms with E-state index in [4.69, 9.17) is 5.11 Å². The summed E-state index contributed by atoms with van der Waals surface area (Å²) in [7, 11) is -5.12. The van der Waals surface area contributed by atoms with Gasteiger partial charge < -0.3 is 5.11 Å². The van der Waals surface area contributed by atoms with Crippen LogP contribution in [0.3, 0.4) is 0 Å². The lowest BCUT2D eigenvalue weighted by Gasteiger charge is -2.18. The third kappa shape index (κ3) is 3.50. The molecule has 0 spiro atoms. The average Bonchev–Trinajstić information content (AvgIpc) is 2.33. The van der Waals surface area contributed by atoms with Crippen molar-refractivity contribution in [1.82, 2.24) is 4.72 Å². The highest BCUT2D eigenvalue weighted by Gasteiger charge is 2.34. The van der Waals surface area contributed by atoms with Gasteiger partial charge in [-0.3, -0.25) is 4.79 Å². The van der Waals surface area contributed by atoms with Gasteiger partial charge in [0, 0.05) is 6.07 Å². The van der Waals surface area contributed by atoms with Crippen molar-refractivity contribution < 1.29 is 35.9 Å². The van der Waals surface area contributed by atoms with Gasteiger partial charge in [-0.15, -0.1) is 0 Å². The Labute approximate surface area is 117 Å². The van der Waals surface area contributed by atoms with E-state index in [1.165, 1.54) is 18.6 Å². The molecule has 0 aliphatic carbocycles. The fourth-order valence-electron chi connectivity index (χ4n) is 1.48. The van der Waals surface area contributed by atoms with Gasteiger partial charge in [-0.05, 0) is 5.92 Å². The first-order valence-corrected chi connectivity index (χ1v) is 7.05. The fourth-order valence-corrected chi connectivity index (χ4v) is 2.98. The van der Waals surface area contributed by atoms with Crippen molar-refractivity contribution in [3.8, 4) is 0 Å². The Morgan fingerprint density at radius 3 is 1.90 bits per heavy atom. The summed E-state index contributed by atoms with van der Waals surface area (Å²) < 4.78 is 78.0. The van der Waals surface area contributed by atoms with Gasteiger partial charge in [0.1, 0.15) is 6.04 Å². The maximum atomic E-state index is 13.4. The molecule has 0 saturated heterocycles. The number of carboxylic acid groups (broad SMARTS) is 1. The van der Waals surface area contributed by atoms with Crippen LogP contribution >= 0.6 is 0 Å². The zero-order chi connectivity index (χ0) is 16.5. The Morgan fingerprint density at radius 1 is 1.14 bits per heavy atom. The first kappa shape index (κ1) is 17.4. The number of sulfonamides is 1. The highest BCUT2D eigenvalue weighted by molar-refractivity contribution is 7.89. The smallest absolute Gasteiger partial charge is 0.322 e. The van der Waals surface area contributed by atoms with Crippen LogP contribution in [0.4, 0.5) is 17.6 Å². The van der Waals surface area contributed by atoms with Gasteiger partial charge in [0.15, 0.2) is 28.2 Å². The lowest BCUT2D eigenvalue weighted by molar-refractivity contribution is -0.140. The van der Waals surface area contributed by atoms with Crippen molar-refractivity contribution in [2.24, 2.45) is 5.92 Å². The van der Waals surface area contributed by atoms with Crippen LogP contribution in [0.1, 0.15) is 13.8 Å². The number of aliphatic carboxylic acids is 1. The molecule has 1 atom stereocenters. The molecule has 2 N–H and O–H groups in total. The van der Waals surface area contributed by atoms with E-state index in [9.17, 15) is 30.8 Å². The topological polar surface area (TPSA) is 83.5 Å². The molecule has 0 aliphatic rings. The van der Waals surface area contributed by atoms with Crippen molar-refractivity contribution in [3.63, 3.8) is 0 Å². The first-order chi connectivity index (χ1) is 9.49. The first-order valence-electron chi connectivity index (χ1n) is 5.57. The molecule has 1 rings (SSSR count). The Kier molecular flexibility index (Phi) is 4.95. The molecular weight excluding hydrogens is 318 g/mol. The molecule has 0 amide bonds. The maximum Gasteiger partial charge on any atom is 0.322 e. The highest BCUT2D eigenvalue weighted by Crippen LogP contribution is 2.24. The lowest BCUT2D eigenvalue weighted by Crippen LogP contribution is -2.44. The lowest BCUT2D eigenvalue weighted by atomic mass is 10.1. The van der Waals surface area contributed by atoms with Crippen molar-refractivity contribution in [1.29, 1.82) is 0 Å². The van der Waals surface area contributed by atoms with Gasteiger partial charge in [0.2, 0.25) is 10.0 Å². The summed E-state index contributed by atoms with van der Waals surface area (Å²) in [5, 5.41) is 8.84. The number of carboxylic acids is 1. The summed E-state index contributed by atoms with van der Waals surface area (Å²) >= 11 is 0. The summed E-state index contributed by atoms with van der Waals surface area (Å²) in [5.41, 5.74) is 0. The SMILES string of the molecule is CC(C)C(NS(=O)(=O)c1c(F)c(F)cc(F)c1F)C(=O)O. The monoisotopic (exact) mass is 329 g/mol. The largest absolute Gasteiger partial charge is 0.480 e. The second-order valence-corrected chi connectivity index (χ2v) is 6.13. The molecule has 0 bridgehead atoms. The van der Waals surface area contributed by atoms with Crippen LogP contribution in [-0.2, 0) is 14.8 Å². The van der Waals surface area contributed by atoms with Crippen molar-refractivity contribution >= 4 is 16.0 Å². The number of hydrogen-bond acceptors (Lipinski definition) is 3. The molecule has 0 radical (unpaired) electrons. The highest BCUT2D eigenvalue weighted by atomic mass is 32.2. The van der Waals surface area contributed by atoms with E-state index >= 15 is 0 Å². The second-order valence-electron chi connectivity index (χ2n) is 4.48. The third-order valence-corrected chi connectivity index (χ3v) is 4.02. The van der Waals surface area contributed by atoms with Crippen LogP contribution in [0.15, 0.2) is 11.0 Å². The zero-order valence-corrected chi connectivity index (χ0v) is 11.6. The van der Waals surface area contributed by atoms with Crippen LogP contribution in [0.25, 0.3) is 0 Å². The normalized spacial score (nSPS) is 13.5. The molecule has 0 aromatic heterocycles. The van der Waals surface area contributed by atoms with Gasteiger partial charge >= 0.3 is 5.97 Å². The van der Waals surface area contributed by atoms with E-state index in [1.807, 2.05) is 0 Å². The van der Waals surface area contributed by atoms with Crippen LogP contribution < -0.4 is 4.72 Å². The van der Waals surface area contributed by atoms with Crippen molar-refractivity contribution in [2.45, 2.75) is 24.8 Å². The minimum Gasteiger partial charge on any atom is -0.480 e. The zero-order valence-electron chi connectivity index (χ0n) is 10.8. The van der Waals surface area contributed by atoms with Gasteiger partial charge in [-0.2, -0.15) is 4.72 Å². The van der Waals surface area contributed by atoms with Crippen LogP contribution in [0.2, 0.25) is 0 Å². The molecule has 1 aromatic rings. The Morgan fingerprint density at radius 2 is 1.57 bits per heavy atom. The van der Waals surface area contributed by atoms with Gasteiger partial charge in [0.05, 0.1) is 0 Å². The van der Waals surface area contributed by atoms with E-state index in [0.29, 0.717) is 0 Å². The van der Waals surface area contributed by atoms with Gasteiger partial charge in [0.25, 0.3) is 0 Å². The Hall–Kier alpha value is -1.68. The summed E-state index contributed by atoms with van der Waals surface area (Å²) in [6, 6.07) is -1.87.